The van der Waals surface area contributed by atoms with Gasteiger partial charge in [0.1, 0.15) is 29.7 Å². The average molecular weight is 576 g/mol. The molecule has 1 saturated heterocycles. The fourth-order valence-corrected chi connectivity index (χ4v) is 3.66. The van der Waals surface area contributed by atoms with Crippen LogP contribution in [0.2, 0.25) is 0 Å². The lowest BCUT2D eigenvalue weighted by Crippen LogP contribution is -2.51. The number of benzene rings is 1. The maximum atomic E-state index is 14.1. The molecule has 2 heterocycles. The number of hydrogen-bond donors (Lipinski definition) is 0. The Morgan fingerprint density at radius 2 is 1.57 bits per heavy atom. The number of nitriles is 1. The fourth-order valence-electron chi connectivity index (χ4n) is 3.66. The first-order valence-electron chi connectivity index (χ1n) is 11.7. The van der Waals surface area contributed by atoms with E-state index in [-0.39, 0.29) is 26.2 Å². The van der Waals surface area contributed by atoms with Crippen molar-refractivity contribution < 1.29 is 49.8 Å². The van der Waals surface area contributed by atoms with E-state index in [1.807, 2.05) is 0 Å². The summed E-state index contributed by atoms with van der Waals surface area (Å²) in [5.41, 5.74) is -5.93. The fraction of sp³-hybridized carbons (Fsp3) is 0.440. The Morgan fingerprint density at radius 3 is 2.10 bits per heavy atom. The molecule has 1 fully saturated rings. The van der Waals surface area contributed by atoms with Crippen molar-refractivity contribution in [3.8, 4) is 11.9 Å². The van der Waals surface area contributed by atoms with Crippen LogP contribution in [0.1, 0.15) is 53.5 Å². The van der Waals surface area contributed by atoms with Gasteiger partial charge in [0.25, 0.3) is 5.91 Å². The van der Waals surface area contributed by atoms with Crippen LogP contribution in [-0.2, 0) is 23.7 Å². The zero-order valence-corrected chi connectivity index (χ0v) is 21.4. The van der Waals surface area contributed by atoms with E-state index in [9.17, 15) is 45.6 Å². The van der Waals surface area contributed by atoms with Gasteiger partial charge < -0.3 is 19.3 Å². The zero-order valence-electron chi connectivity index (χ0n) is 21.4. The molecule has 0 unspecified atom stereocenters. The normalized spacial score (nSPS) is 14.5. The quantitative estimate of drug-likeness (QED) is 0.453. The van der Waals surface area contributed by atoms with Gasteiger partial charge in [-0.25, -0.2) is 14.2 Å². The minimum Gasteiger partial charge on any atom is -0.472 e. The lowest BCUT2D eigenvalue weighted by Gasteiger charge is -2.35. The van der Waals surface area contributed by atoms with Gasteiger partial charge in [-0.3, -0.25) is 4.79 Å². The van der Waals surface area contributed by atoms with Gasteiger partial charge in [0, 0.05) is 31.7 Å². The van der Waals surface area contributed by atoms with Crippen LogP contribution in [-0.4, -0.2) is 58.6 Å². The minimum absolute atomic E-state index is 0.0235. The summed E-state index contributed by atoms with van der Waals surface area (Å²) < 4.78 is 105. The number of amides is 2. The first-order valence-corrected chi connectivity index (χ1v) is 11.7. The van der Waals surface area contributed by atoms with Crippen LogP contribution in [0.15, 0.2) is 24.3 Å². The van der Waals surface area contributed by atoms with Crippen molar-refractivity contribution in [2.75, 3.05) is 26.2 Å². The van der Waals surface area contributed by atoms with Crippen molar-refractivity contribution >= 4 is 12.0 Å². The molecule has 2 amide bonds. The van der Waals surface area contributed by atoms with E-state index in [1.54, 1.807) is 20.8 Å². The molecule has 0 aliphatic carbocycles. The third kappa shape index (κ3) is 7.30. The third-order valence-electron chi connectivity index (χ3n) is 5.56. The molecule has 0 atom stereocenters. The third-order valence-corrected chi connectivity index (χ3v) is 5.56. The standard InChI is InChI=1S/C25H23F7N4O4/c1-23(2,3)40-22(38)36-8-6-35(7-9-36)21(37)17-11-14(12-33)20(34-19(17)25(30,31)32)39-13-15-10-16(24(27,28)29)4-5-18(15)26/h4-5,10-11H,6-9,13H2,1-3H3. The van der Waals surface area contributed by atoms with Crippen LogP contribution < -0.4 is 4.74 Å². The lowest BCUT2D eigenvalue weighted by molar-refractivity contribution is -0.142. The van der Waals surface area contributed by atoms with E-state index in [0.29, 0.717) is 24.3 Å². The Hall–Kier alpha value is -4.09. The largest absolute Gasteiger partial charge is 0.472 e. The molecule has 8 nitrogen and oxygen atoms in total. The Morgan fingerprint density at radius 1 is 0.975 bits per heavy atom. The summed E-state index contributed by atoms with van der Waals surface area (Å²) in [5.74, 6) is -3.19. The van der Waals surface area contributed by atoms with Crippen molar-refractivity contribution in [3.63, 3.8) is 0 Å². The number of carbonyl (C=O) groups is 2. The van der Waals surface area contributed by atoms with Crippen molar-refractivity contribution in [2.24, 2.45) is 0 Å². The number of ether oxygens (including phenoxy) is 2. The second-order valence-electron chi connectivity index (χ2n) is 9.70. The number of piperazine rings is 1. The summed E-state index contributed by atoms with van der Waals surface area (Å²) in [5, 5.41) is 9.46. The molecule has 15 heteroatoms. The van der Waals surface area contributed by atoms with E-state index in [2.05, 4.69) is 4.98 Å². The Labute approximate surface area is 223 Å². The van der Waals surface area contributed by atoms with Gasteiger partial charge in [-0.05, 0) is 45.0 Å². The highest BCUT2D eigenvalue weighted by molar-refractivity contribution is 5.96. The van der Waals surface area contributed by atoms with Gasteiger partial charge in [0.05, 0.1) is 11.1 Å². The second-order valence-corrected chi connectivity index (χ2v) is 9.70. The Bertz CT molecular complexity index is 1320. The highest BCUT2D eigenvalue weighted by atomic mass is 19.4. The molecule has 1 aliphatic rings. The molecule has 40 heavy (non-hydrogen) atoms. The smallest absolute Gasteiger partial charge is 0.434 e. The van der Waals surface area contributed by atoms with Crippen LogP contribution in [0, 0.1) is 17.1 Å². The highest BCUT2D eigenvalue weighted by Crippen LogP contribution is 2.35. The molecule has 0 saturated carbocycles. The Balaban J connectivity index is 1.85. The molecule has 0 radical (unpaired) electrons. The van der Waals surface area contributed by atoms with Crippen LogP contribution in [0.25, 0.3) is 0 Å². The summed E-state index contributed by atoms with van der Waals surface area (Å²) >= 11 is 0. The molecule has 1 aromatic carbocycles. The van der Waals surface area contributed by atoms with E-state index in [1.165, 1.54) is 11.0 Å². The predicted molar refractivity (Wildman–Crippen MR) is 123 cm³/mol. The minimum atomic E-state index is -5.20. The summed E-state index contributed by atoms with van der Waals surface area (Å²) in [6.07, 6.45) is -10.7. The summed E-state index contributed by atoms with van der Waals surface area (Å²) in [6, 6.07) is 3.56. The molecular formula is C25H23F7N4O4. The van der Waals surface area contributed by atoms with Gasteiger partial charge in [-0.1, -0.05) is 0 Å². The molecule has 0 N–H and O–H groups in total. The van der Waals surface area contributed by atoms with Crippen LogP contribution >= 0.6 is 0 Å². The van der Waals surface area contributed by atoms with E-state index >= 15 is 0 Å². The number of rotatable bonds is 4. The molecular weight excluding hydrogens is 553 g/mol. The number of aromatic nitrogens is 1. The van der Waals surface area contributed by atoms with E-state index < -0.39 is 76.2 Å². The molecule has 1 aromatic heterocycles. The van der Waals surface area contributed by atoms with Crippen molar-refractivity contribution in [3.05, 3.63) is 58.0 Å². The predicted octanol–water partition coefficient (Wildman–Crippen LogP) is 5.40. The number of alkyl halides is 6. The van der Waals surface area contributed by atoms with Gasteiger partial charge in [-0.2, -0.15) is 31.6 Å². The van der Waals surface area contributed by atoms with Crippen LogP contribution in [0.5, 0.6) is 5.88 Å². The van der Waals surface area contributed by atoms with Crippen molar-refractivity contribution in [2.45, 2.75) is 45.3 Å². The Kier molecular flexibility index (Phi) is 8.51. The maximum Gasteiger partial charge on any atom is 0.434 e. The molecule has 0 bridgehead atoms. The van der Waals surface area contributed by atoms with Gasteiger partial charge in [0.15, 0.2) is 5.69 Å². The molecule has 1 aliphatic heterocycles. The molecule has 2 aromatic rings. The van der Waals surface area contributed by atoms with Crippen LogP contribution in [0.3, 0.4) is 0 Å². The summed E-state index contributed by atoms with van der Waals surface area (Å²) in [6.45, 7) is 3.68. The first kappa shape index (κ1) is 30.5. The number of hydrogen-bond acceptors (Lipinski definition) is 6. The van der Waals surface area contributed by atoms with E-state index in [0.717, 1.165) is 4.90 Å². The number of pyridine rings is 1. The number of carbonyl (C=O) groups excluding carboxylic acids is 2. The van der Waals surface area contributed by atoms with Gasteiger partial charge >= 0.3 is 18.4 Å². The van der Waals surface area contributed by atoms with Crippen molar-refractivity contribution in [1.82, 2.24) is 14.8 Å². The van der Waals surface area contributed by atoms with E-state index in [4.69, 9.17) is 9.47 Å². The van der Waals surface area contributed by atoms with Gasteiger partial charge in [0.2, 0.25) is 5.88 Å². The maximum absolute atomic E-state index is 14.1. The summed E-state index contributed by atoms with van der Waals surface area (Å²) in [7, 11) is 0. The number of nitrogens with zero attached hydrogens (tertiary/aromatic N) is 4. The zero-order chi connectivity index (χ0) is 30.0. The van der Waals surface area contributed by atoms with Gasteiger partial charge in [-0.15, -0.1) is 0 Å². The summed E-state index contributed by atoms with van der Waals surface area (Å²) in [4.78, 5) is 30.9. The number of halogens is 7. The first-order chi connectivity index (χ1) is 18.4. The molecule has 0 spiro atoms. The highest BCUT2D eigenvalue weighted by Gasteiger charge is 2.40. The molecule has 216 valence electrons. The van der Waals surface area contributed by atoms with Crippen LogP contribution in [0.4, 0.5) is 35.5 Å². The molecule has 3 rings (SSSR count). The second kappa shape index (κ2) is 11.2. The topological polar surface area (TPSA) is 95.8 Å². The average Bonchev–Trinajstić information content (AvgIpc) is 2.85. The monoisotopic (exact) mass is 576 g/mol. The SMILES string of the molecule is CC(C)(C)OC(=O)N1CCN(C(=O)c2cc(C#N)c(OCc3cc(C(F)(F)F)ccc3F)nc2C(F)(F)F)CC1. The van der Waals surface area contributed by atoms with Crippen molar-refractivity contribution in [1.29, 1.82) is 5.26 Å². The lowest BCUT2D eigenvalue weighted by atomic mass is 10.1.